The van der Waals surface area contributed by atoms with Crippen LogP contribution in [0, 0.1) is 25.2 Å². The van der Waals surface area contributed by atoms with E-state index in [-0.39, 0.29) is 11.7 Å². The van der Waals surface area contributed by atoms with Gasteiger partial charge in [0.05, 0.1) is 42.1 Å². The Kier molecular flexibility index (Phi) is 7.70. The molecule has 11 heteroatoms. The molecule has 2 atom stereocenters. The van der Waals surface area contributed by atoms with Gasteiger partial charge in [0.25, 0.3) is 12.2 Å². The molecule has 0 aliphatic carbocycles. The lowest BCUT2D eigenvalue weighted by molar-refractivity contribution is -0.127. The van der Waals surface area contributed by atoms with Crippen molar-refractivity contribution in [3.63, 3.8) is 0 Å². The molecule has 1 amide bonds. The summed E-state index contributed by atoms with van der Waals surface area (Å²) >= 11 is 6.67. The van der Waals surface area contributed by atoms with Crippen molar-refractivity contribution in [2.45, 2.75) is 38.5 Å². The molecule has 1 saturated heterocycles. The molecule has 4 rings (SSSR count). The van der Waals surface area contributed by atoms with Gasteiger partial charge in [-0.05, 0) is 38.0 Å². The summed E-state index contributed by atoms with van der Waals surface area (Å²) in [4.78, 5) is 22.1. The van der Waals surface area contributed by atoms with Gasteiger partial charge in [-0.25, -0.2) is 15.0 Å². The maximum atomic E-state index is 13.0. The molecule has 2 aromatic rings. The first-order valence-electron chi connectivity index (χ1n) is 11.3. The number of carbonyl (C=O) groups excluding carboxylic acids is 1. The van der Waals surface area contributed by atoms with Gasteiger partial charge in [-0.3, -0.25) is 10.2 Å². The predicted octanol–water partition coefficient (Wildman–Crippen LogP) is 3.30. The number of amides is 1. The highest BCUT2D eigenvalue weighted by molar-refractivity contribution is 6.30. The lowest BCUT2D eigenvalue weighted by Gasteiger charge is -2.28. The molecule has 2 aliphatic rings. The monoisotopic (exact) mass is 498 g/mol. The van der Waals surface area contributed by atoms with E-state index in [1.54, 1.807) is 18.0 Å². The van der Waals surface area contributed by atoms with Crippen LogP contribution in [0.2, 0.25) is 0 Å². The number of nitriles is 1. The van der Waals surface area contributed by atoms with Crippen LogP contribution in [0.4, 0.5) is 5.82 Å². The third-order valence-electron chi connectivity index (χ3n) is 5.85. The molecule has 1 unspecified atom stereocenters. The topological polar surface area (TPSA) is 122 Å². The van der Waals surface area contributed by atoms with Crippen LogP contribution in [0.25, 0.3) is 0 Å². The third-order valence-corrected chi connectivity index (χ3v) is 6.25. The minimum atomic E-state index is -1.12. The van der Waals surface area contributed by atoms with Crippen LogP contribution in [0.1, 0.15) is 58.4 Å². The van der Waals surface area contributed by atoms with Crippen molar-refractivity contribution in [3.05, 3.63) is 64.5 Å². The molecule has 0 bridgehead atoms. The van der Waals surface area contributed by atoms with Crippen molar-refractivity contribution in [2.75, 3.05) is 31.6 Å². The fourth-order valence-electron chi connectivity index (χ4n) is 4.05. The third kappa shape index (κ3) is 5.48. The van der Waals surface area contributed by atoms with E-state index in [0.717, 1.165) is 11.1 Å². The summed E-state index contributed by atoms with van der Waals surface area (Å²) < 4.78 is 16.5. The van der Waals surface area contributed by atoms with Gasteiger partial charge in [0.1, 0.15) is 24.2 Å². The molecule has 1 aromatic carbocycles. The zero-order chi connectivity index (χ0) is 24.9. The van der Waals surface area contributed by atoms with Crippen molar-refractivity contribution in [1.82, 2.24) is 20.4 Å². The van der Waals surface area contributed by atoms with Crippen molar-refractivity contribution in [3.8, 4) is 6.07 Å². The van der Waals surface area contributed by atoms with E-state index >= 15 is 0 Å². The zero-order valence-corrected chi connectivity index (χ0v) is 20.5. The second kappa shape index (κ2) is 10.9. The van der Waals surface area contributed by atoms with Crippen LogP contribution in [0.15, 0.2) is 30.7 Å². The summed E-state index contributed by atoms with van der Waals surface area (Å²) in [6.07, 6.45) is 1.96. The zero-order valence-electron chi connectivity index (χ0n) is 19.7. The van der Waals surface area contributed by atoms with Crippen LogP contribution >= 0.6 is 11.6 Å². The molecule has 10 nitrogen and oxygen atoms in total. The largest absolute Gasteiger partial charge is 0.455 e. The lowest BCUT2D eigenvalue weighted by atomic mass is 9.98. The van der Waals surface area contributed by atoms with Crippen LogP contribution in [-0.2, 0) is 19.0 Å². The summed E-state index contributed by atoms with van der Waals surface area (Å²) in [5.74, 6) is 0.437. The second-order valence-electron chi connectivity index (χ2n) is 8.23. The first kappa shape index (κ1) is 24.7. The Morgan fingerprint density at radius 1 is 1.23 bits per heavy atom. The van der Waals surface area contributed by atoms with Gasteiger partial charge in [0.2, 0.25) is 0 Å². The first-order valence-corrected chi connectivity index (χ1v) is 11.7. The first-order chi connectivity index (χ1) is 16.9. The predicted molar refractivity (Wildman–Crippen MR) is 128 cm³/mol. The molecule has 1 aromatic heterocycles. The number of benzene rings is 1. The molecule has 0 radical (unpaired) electrons. The molecule has 184 valence electrons. The van der Waals surface area contributed by atoms with Gasteiger partial charge in [-0.1, -0.05) is 12.1 Å². The number of nitrogens with zero attached hydrogens (tertiary/aromatic N) is 4. The number of nitrogens with one attached hydrogen (secondary N) is 2. The Hall–Kier alpha value is -3.39. The summed E-state index contributed by atoms with van der Waals surface area (Å²) in [6.45, 7) is 7.77. The molecule has 2 N–H and O–H groups in total. The van der Waals surface area contributed by atoms with Gasteiger partial charge in [0.15, 0.2) is 5.38 Å². The normalized spacial score (nSPS) is 17.7. The Morgan fingerprint density at radius 3 is 2.63 bits per heavy atom. The summed E-state index contributed by atoms with van der Waals surface area (Å²) in [5.41, 5.74) is 5.96. The number of aryl methyl sites for hydroxylation is 1. The Bertz CT molecular complexity index is 1150. The number of rotatable bonds is 7. The number of alkyl halides is 1. The number of halogens is 1. The average molecular weight is 499 g/mol. The molecule has 2 aliphatic heterocycles. The SMILES string of the molecule is Cc1nc(N[C@H](C)c2cccc(C#N)c2C)c(C2OC=CO2)c(C(Cl)C(=O)NN2CCOCC2)n1. The van der Waals surface area contributed by atoms with E-state index in [9.17, 15) is 10.1 Å². The quantitative estimate of drug-likeness (QED) is 0.553. The Morgan fingerprint density at radius 2 is 1.94 bits per heavy atom. The molecule has 35 heavy (non-hydrogen) atoms. The minimum Gasteiger partial charge on any atom is -0.455 e. The summed E-state index contributed by atoms with van der Waals surface area (Å²) in [7, 11) is 0. The van der Waals surface area contributed by atoms with E-state index in [0.29, 0.717) is 49.1 Å². The van der Waals surface area contributed by atoms with E-state index in [4.69, 9.17) is 25.8 Å². The van der Waals surface area contributed by atoms with E-state index < -0.39 is 17.6 Å². The molecule has 0 saturated carbocycles. The molecule has 0 spiro atoms. The number of hydrogen-bond acceptors (Lipinski definition) is 9. The number of ether oxygens (including phenoxy) is 3. The van der Waals surface area contributed by atoms with Crippen LogP contribution in [0.5, 0.6) is 0 Å². The fourth-order valence-corrected chi connectivity index (χ4v) is 4.27. The molecular formula is C24H27ClN6O4. The molecule has 3 heterocycles. The highest BCUT2D eigenvalue weighted by atomic mass is 35.5. The summed E-state index contributed by atoms with van der Waals surface area (Å²) in [5, 5.41) is 13.4. The van der Waals surface area contributed by atoms with Gasteiger partial charge < -0.3 is 19.5 Å². The second-order valence-corrected chi connectivity index (χ2v) is 8.67. The number of morpholine rings is 1. The average Bonchev–Trinajstić information content (AvgIpc) is 3.38. The van der Waals surface area contributed by atoms with Crippen LogP contribution in [-0.4, -0.2) is 47.2 Å². The van der Waals surface area contributed by atoms with Crippen LogP contribution in [0.3, 0.4) is 0 Å². The van der Waals surface area contributed by atoms with Crippen molar-refractivity contribution >= 4 is 23.3 Å². The smallest absolute Gasteiger partial charge is 0.271 e. The van der Waals surface area contributed by atoms with E-state index in [1.165, 1.54) is 12.5 Å². The van der Waals surface area contributed by atoms with Crippen LogP contribution < -0.4 is 10.7 Å². The van der Waals surface area contributed by atoms with Gasteiger partial charge in [0, 0.05) is 13.1 Å². The highest BCUT2D eigenvalue weighted by Crippen LogP contribution is 2.37. The number of aromatic nitrogens is 2. The number of anilines is 1. The molecular weight excluding hydrogens is 472 g/mol. The molecule has 1 fully saturated rings. The van der Waals surface area contributed by atoms with E-state index in [2.05, 4.69) is 26.8 Å². The minimum absolute atomic E-state index is 0.227. The maximum Gasteiger partial charge on any atom is 0.271 e. The lowest BCUT2D eigenvalue weighted by Crippen LogP contribution is -2.49. The number of hydrazine groups is 1. The highest BCUT2D eigenvalue weighted by Gasteiger charge is 2.34. The number of carbonyl (C=O) groups is 1. The van der Waals surface area contributed by atoms with Crippen molar-refractivity contribution in [2.24, 2.45) is 0 Å². The van der Waals surface area contributed by atoms with Crippen molar-refractivity contribution in [1.29, 1.82) is 5.26 Å². The van der Waals surface area contributed by atoms with Gasteiger partial charge in [-0.15, -0.1) is 11.6 Å². The van der Waals surface area contributed by atoms with Crippen molar-refractivity contribution < 1.29 is 19.0 Å². The standard InChI is InChI=1S/C24H27ClN6O4/c1-14-17(13-26)5-4-6-18(14)15(2)27-22-19(24-34-11-12-35-24)21(28-16(3)29-22)20(25)23(32)30-31-7-9-33-10-8-31/h4-6,11-12,15,20,24H,7-10H2,1-3H3,(H,30,32)(H,27,28,29)/t15-,20?/m1/s1. The Labute approximate surface area is 208 Å². The number of hydrogen-bond donors (Lipinski definition) is 2. The van der Waals surface area contributed by atoms with Gasteiger partial charge in [-0.2, -0.15) is 5.26 Å². The summed E-state index contributed by atoms with van der Waals surface area (Å²) in [6, 6.07) is 7.56. The Balaban J connectivity index is 1.67. The maximum absolute atomic E-state index is 13.0. The fraction of sp³-hybridized carbons (Fsp3) is 0.417. The van der Waals surface area contributed by atoms with Gasteiger partial charge >= 0.3 is 0 Å². The van der Waals surface area contributed by atoms with E-state index in [1.807, 2.05) is 26.0 Å².